The molecule has 0 aliphatic heterocycles. The van der Waals surface area contributed by atoms with E-state index in [-0.39, 0.29) is 6.61 Å². The minimum Gasteiger partial charge on any atom is -0.396 e. The lowest BCUT2D eigenvalue weighted by molar-refractivity contribution is 0.168. The summed E-state index contributed by atoms with van der Waals surface area (Å²) in [6.45, 7) is 2.41. The molecule has 1 N–H and O–H groups in total. The van der Waals surface area contributed by atoms with Crippen molar-refractivity contribution in [1.29, 1.82) is 5.26 Å². The molecule has 2 saturated carbocycles. The van der Waals surface area contributed by atoms with Crippen molar-refractivity contribution in [3.63, 3.8) is 0 Å². The van der Waals surface area contributed by atoms with E-state index in [2.05, 4.69) is 35.9 Å². The molecule has 138 valence electrons. The first-order valence-corrected chi connectivity index (χ1v) is 10.2. The van der Waals surface area contributed by atoms with E-state index in [9.17, 15) is 10.4 Å². The van der Waals surface area contributed by atoms with Gasteiger partial charge in [0, 0.05) is 12.0 Å². The minimum atomic E-state index is -0.406. The van der Waals surface area contributed by atoms with E-state index in [0.717, 1.165) is 37.7 Å². The zero-order valence-electron chi connectivity index (χ0n) is 15.7. The maximum absolute atomic E-state index is 10.0. The number of hydrogen-bond donors (Lipinski definition) is 1. The molecule has 2 aromatic rings. The molecule has 1 aromatic carbocycles. The van der Waals surface area contributed by atoms with Gasteiger partial charge in [-0.3, -0.25) is 4.68 Å². The molecule has 0 radical (unpaired) electrons. The Labute approximate surface area is 155 Å². The van der Waals surface area contributed by atoms with E-state index in [4.69, 9.17) is 5.10 Å². The summed E-state index contributed by atoms with van der Waals surface area (Å²) < 4.78 is 2.26. The SMILES string of the molecule is CCc1nn(C2CCCC2)c2cc(C3(C#N)CCC(CO)CC3)ccc12. The molecule has 2 aliphatic rings. The van der Waals surface area contributed by atoms with Gasteiger partial charge in [-0.05, 0) is 62.5 Å². The van der Waals surface area contributed by atoms with Gasteiger partial charge in [0.1, 0.15) is 0 Å². The van der Waals surface area contributed by atoms with Gasteiger partial charge < -0.3 is 5.11 Å². The van der Waals surface area contributed by atoms with Crippen LogP contribution in [0.1, 0.15) is 75.6 Å². The molecule has 2 fully saturated rings. The van der Waals surface area contributed by atoms with Crippen LogP contribution >= 0.6 is 0 Å². The third-order valence-electron chi connectivity index (χ3n) is 6.77. The van der Waals surface area contributed by atoms with Gasteiger partial charge in [-0.15, -0.1) is 0 Å². The van der Waals surface area contributed by atoms with Gasteiger partial charge in [-0.1, -0.05) is 31.9 Å². The Kier molecular flexibility index (Phi) is 4.75. The van der Waals surface area contributed by atoms with E-state index < -0.39 is 5.41 Å². The van der Waals surface area contributed by atoms with Crippen LogP contribution in [-0.4, -0.2) is 21.5 Å². The average Bonchev–Trinajstić information content (AvgIpc) is 3.35. The van der Waals surface area contributed by atoms with Crippen LogP contribution in [0.4, 0.5) is 0 Å². The molecule has 26 heavy (non-hydrogen) atoms. The second kappa shape index (κ2) is 7.04. The lowest BCUT2D eigenvalue weighted by Crippen LogP contribution is -2.31. The highest BCUT2D eigenvalue weighted by atomic mass is 16.3. The number of aromatic nitrogens is 2. The summed E-state index contributed by atoms with van der Waals surface area (Å²) in [5.74, 6) is 0.357. The van der Waals surface area contributed by atoms with Crippen molar-refractivity contribution in [2.75, 3.05) is 6.61 Å². The highest BCUT2D eigenvalue weighted by molar-refractivity contribution is 5.83. The fourth-order valence-corrected chi connectivity index (χ4v) is 5.01. The van der Waals surface area contributed by atoms with Gasteiger partial charge in [0.05, 0.1) is 28.7 Å². The van der Waals surface area contributed by atoms with Crippen LogP contribution in [0, 0.1) is 17.2 Å². The fraction of sp³-hybridized carbons (Fsp3) is 0.636. The van der Waals surface area contributed by atoms with Gasteiger partial charge >= 0.3 is 0 Å². The topological polar surface area (TPSA) is 61.8 Å². The highest BCUT2D eigenvalue weighted by Gasteiger charge is 2.37. The van der Waals surface area contributed by atoms with Crippen LogP contribution in [0.3, 0.4) is 0 Å². The predicted octanol–water partition coefficient (Wildman–Crippen LogP) is 4.66. The summed E-state index contributed by atoms with van der Waals surface area (Å²) in [7, 11) is 0. The minimum absolute atomic E-state index is 0.245. The van der Waals surface area contributed by atoms with Crippen molar-refractivity contribution < 1.29 is 5.11 Å². The first-order chi connectivity index (χ1) is 12.7. The van der Waals surface area contributed by atoms with Crippen LogP contribution in [0.15, 0.2) is 18.2 Å². The molecule has 0 spiro atoms. The predicted molar refractivity (Wildman–Crippen MR) is 103 cm³/mol. The Bertz CT molecular complexity index is 818. The monoisotopic (exact) mass is 351 g/mol. The molecule has 0 atom stereocenters. The molecule has 4 nitrogen and oxygen atoms in total. The largest absolute Gasteiger partial charge is 0.396 e. The number of fused-ring (bicyclic) bond motifs is 1. The summed E-state index contributed by atoms with van der Waals surface area (Å²) in [6, 6.07) is 9.76. The lowest BCUT2D eigenvalue weighted by Gasteiger charge is -2.34. The number of rotatable bonds is 4. The second-order valence-corrected chi connectivity index (χ2v) is 8.23. The summed E-state index contributed by atoms with van der Waals surface area (Å²) in [4.78, 5) is 0. The van der Waals surface area contributed by atoms with Crippen molar-refractivity contribution in [1.82, 2.24) is 9.78 Å². The molecule has 0 bridgehead atoms. The van der Waals surface area contributed by atoms with Crippen LogP contribution < -0.4 is 0 Å². The molecular formula is C22H29N3O. The third-order valence-corrected chi connectivity index (χ3v) is 6.77. The molecule has 1 heterocycles. The number of benzene rings is 1. The van der Waals surface area contributed by atoms with Crippen LogP contribution in [0.25, 0.3) is 10.9 Å². The maximum atomic E-state index is 10.0. The Hall–Kier alpha value is -1.86. The third kappa shape index (κ3) is 2.83. The second-order valence-electron chi connectivity index (χ2n) is 8.23. The molecule has 2 aliphatic carbocycles. The summed E-state index contributed by atoms with van der Waals surface area (Å²) in [6.07, 6.45) is 9.51. The Balaban J connectivity index is 1.77. The average molecular weight is 351 g/mol. The molecule has 1 aromatic heterocycles. The number of aliphatic hydroxyl groups excluding tert-OH is 1. The number of aryl methyl sites for hydroxylation is 1. The summed E-state index contributed by atoms with van der Waals surface area (Å²) >= 11 is 0. The Morgan fingerprint density at radius 2 is 1.96 bits per heavy atom. The van der Waals surface area contributed by atoms with Gasteiger partial charge in [-0.25, -0.2) is 0 Å². The number of nitrogens with zero attached hydrogens (tertiary/aromatic N) is 3. The standard InChI is InChI=1S/C22H29N3O/c1-2-20-19-8-7-17(22(15-23)11-9-16(14-26)10-12-22)13-21(19)25(24-20)18-5-3-4-6-18/h7-8,13,16,18,26H,2-6,9-12,14H2,1H3. The van der Waals surface area contributed by atoms with Crippen molar-refractivity contribution in [2.24, 2.45) is 5.92 Å². The number of nitriles is 1. The summed E-state index contributed by atoms with van der Waals surface area (Å²) in [5, 5.41) is 25.7. The summed E-state index contributed by atoms with van der Waals surface area (Å²) in [5.41, 5.74) is 3.13. The van der Waals surface area contributed by atoms with Crippen LogP contribution in [-0.2, 0) is 11.8 Å². The van der Waals surface area contributed by atoms with Gasteiger partial charge in [0.2, 0.25) is 0 Å². The normalized spacial score (nSPS) is 27.0. The van der Waals surface area contributed by atoms with Crippen LogP contribution in [0.5, 0.6) is 0 Å². The van der Waals surface area contributed by atoms with Crippen molar-refractivity contribution in [2.45, 2.75) is 76.2 Å². The van der Waals surface area contributed by atoms with E-state index >= 15 is 0 Å². The molecule has 4 heteroatoms. The number of hydrogen-bond acceptors (Lipinski definition) is 3. The van der Waals surface area contributed by atoms with Crippen molar-refractivity contribution in [3.8, 4) is 6.07 Å². The molecular weight excluding hydrogens is 322 g/mol. The van der Waals surface area contributed by atoms with E-state index in [0.29, 0.717) is 12.0 Å². The van der Waals surface area contributed by atoms with Gasteiger partial charge in [0.25, 0.3) is 0 Å². The number of aliphatic hydroxyl groups is 1. The van der Waals surface area contributed by atoms with Gasteiger partial charge in [-0.2, -0.15) is 10.4 Å². The zero-order valence-corrected chi connectivity index (χ0v) is 15.7. The van der Waals surface area contributed by atoms with Crippen LogP contribution in [0.2, 0.25) is 0 Å². The fourth-order valence-electron chi connectivity index (χ4n) is 5.01. The molecule has 4 rings (SSSR count). The first kappa shape index (κ1) is 17.5. The smallest absolute Gasteiger partial charge is 0.0823 e. The van der Waals surface area contributed by atoms with Crippen molar-refractivity contribution >= 4 is 10.9 Å². The first-order valence-electron chi connectivity index (χ1n) is 10.2. The lowest BCUT2D eigenvalue weighted by atomic mass is 9.67. The van der Waals surface area contributed by atoms with E-state index in [1.807, 2.05) is 0 Å². The highest BCUT2D eigenvalue weighted by Crippen LogP contribution is 2.42. The quantitative estimate of drug-likeness (QED) is 0.871. The molecule has 0 saturated heterocycles. The van der Waals surface area contributed by atoms with E-state index in [1.165, 1.54) is 42.3 Å². The Morgan fingerprint density at radius 3 is 2.58 bits per heavy atom. The Morgan fingerprint density at radius 1 is 1.23 bits per heavy atom. The van der Waals surface area contributed by atoms with E-state index in [1.54, 1.807) is 0 Å². The van der Waals surface area contributed by atoms with Crippen molar-refractivity contribution in [3.05, 3.63) is 29.5 Å². The molecule has 0 unspecified atom stereocenters. The maximum Gasteiger partial charge on any atom is 0.0823 e. The molecule has 0 amide bonds. The zero-order chi connectivity index (χ0) is 18.1. The van der Waals surface area contributed by atoms with Gasteiger partial charge in [0.15, 0.2) is 0 Å².